The Hall–Kier alpha value is -4.00. The molecule has 0 radical (unpaired) electrons. The molecular formula is C20H12F4N4O2. The Bertz CT molecular complexity index is 1240. The first kappa shape index (κ1) is 20.7. The van der Waals surface area contributed by atoms with Gasteiger partial charge in [-0.3, -0.25) is 9.59 Å². The van der Waals surface area contributed by atoms with Crippen LogP contribution < -0.4 is 10.7 Å². The van der Waals surface area contributed by atoms with Crippen molar-refractivity contribution in [1.82, 2.24) is 9.78 Å². The molecule has 0 fully saturated rings. The summed E-state index contributed by atoms with van der Waals surface area (Å²) in [5.74, 6) is -1.85. The number of rotatable bonds is 3. The second-order valence-corrected chi connectivity index (χ2v) is 6.22. The van der Waals surface area contributed by atoms with E-state index in [0.29, 0.717) is 0 Å². The van der Waals surface area contributed by atoms with Crippen LogP contribution >= 0.6 is 0 Å². The van der Waals surface area contributed by atoms with Gasteiger partial charge in [0.15, 0.2) is 5.69 Å². The summed E-state index contributed by atoms with van der Waals surface area (Å²) < 4.78 is 53.7. The number of nitrogens with one attached hydrogen (secondary N) is 1. The summed E-state index contributed by atoms with van der Waals surface area (Å²) in [6.07, 6.45) is -4.58. The quantitative estimate of drug-likeness (QED) is 0.658. The van der Waals surface area contributed by atoms with Gasteiger partial charge in [0, 0.05) is 17.4 Å². The van der Waals surface area contributed by atoms with Gasteiger partial charge in [-0.1, -0.05) is 6.07 Å². The molecule has 1 N–H and O–H groups in total. The van der Waals surface area contributed by atoms with Crippen molar-refractivity contribution < 1.29 is 22.4 Å². The number of hydrogen-bond acceptors (Lipinski definition) is 4. The van der Waals surface area contributed by atoms with Crippen LogP contribution in [0.4, 0.5) is 23.2 Å². The molecule has 152 valence electrons. The van der Waals surface area contributed by atoms with Crippen LogP contribution in [0.2, 0.25) is 0 Å². The Balaban J connectivity index is 2.00. The zero-order valence-corrected chi connectivity index (χ0v) is 15.3. The van der Waals surface area contributed by atoms with E-state index in [4.69, 9.17) is 5.26 Å². The molecule has 1 amide bonds. The summed E-state index contributed by atoms with van der Waals surface area (Å²) >= 11 is 0. The first-order valence-electron chi connectivity index (χ1n) is 8.40. The zero-order chi connectivity index (χ0) is 22.1. The number of aryl methyl sites for hydroxylation is 1. The molecule has 0 unspecified atom stereocenters. The van der Waals surface area contributed by atoms with E-state index in [1.807, 2.05) is 0 Å². The van der Waals surface area contributed by atoms with E-state index in [-0.39, 0.29) is 22.6 Å². The molecule has 0 saturated carbocycles. The second kappa shape index (κ2) is 7.79. The average molecular weight is 416 g/mol. The average Bonchev–Trinajstić information content (AvgIpc) is 2.67. The topological polar surface area (TPSA) is 87.8 Å². The van der Waals surface area contributed by atoms with Crippen LogP contribution in [0.5, 0.6) is 0 Å². The Morgan fingerprint density at radius 1 is 1.17 bits per heavy atom. The Kier molecular flexibility index (Phi) is 5.38. The van der Waals surface area contributed by atoms with Crippen LogP contribution in [-0.2, 0) is 6.18 Å². The lowest BCUT2D eigenvalue weighted by molar-refractivity contribution is -0.137. The molecule has 0 saturated heterocycles. The number of nitriles is 1. The van der Waals surface area contributed by atoms with Gasteiger partial charge in [-0.25, -0.2) is 9.07 Å². The smallest absolute Gasteiger partial charge is 0.320 e. The van der Waals surface area contributed by atoms with E-state index in [9.17, 15) is 27.2 Å². The number of alkyl halides is 3. The SMILES string of the molecule is Cc1cc(=O)c(C(=O)Nc2ccc(C#N)c(F)c2)nn1-c1cccc(C(F)(F)F)c1. The van der Waals surface area contributed by atoms with Crippen LogP contribution in [0, 0.1) is 24.1 Å². The van der Waals surface area contributed by atoms with Crippen LogP contribution in [0.1, 0.15) is 27.3 Å². The number of carbonyl (C=O) groups is 1. The fourth-order valence-electron chi connectivity index (χ4n) is 2.65. The summed E-state index contributed by atoms with van der Waals surface area (Å²) in [5, 5.41) is 14.9. The number of halogens is 4. The van der Waals surface area contributed by atoms with Crippen molar-refractivity contribution in [2.75, 3.05) is 5.32 Å². The maximum Gasteiger partial charge on any atom is 0.416 e. The lowest BCUT2D eigenvalue weighted by Gasteiger charge is -2.13. The molecular weight excluding hydrogens is 404 g/mol. The van der Waals surface area contributed by atoms with Crippen molar-refractivity contribution >= 4 is 11.6 Å². The van der Waals surface area contributed by atoms with Crippen molar-refractivity contribution in [1.29, 1.82) is 5.26 Å². The van der Waals surface area contributed by atoms with E-state index in [1.165, 1.54) is 25.1 Å². The van der Waals surface area contributed by atoms with Crippen LogP contribution in [0.3, 0.4) is 0 Å². The van der Waals surface area contributed by atoms with Crippen molar-refractivity contribution in [3.63, 3.8) is 0 Å². The predicted molar refractivity (Wildman–Crippen MR) is 98.6 cm³/mol. The lowest BCUT2D eigenvalue weighted by atomic mass is 10.2. The number of amides is 1. The third kappa shape index (κ3) is 4.20. The van der Waals surface area contributed by atoms with Gasteiger partial charge in [0.05, 0.1) is 16.8 Å². The number of benzene rings is 2. The van der Waals surface area contributed by atoms with Crippen molar-refractivity contribution in [3.8, 4) is 11.8 Å². The third-order valence-electron chi connectivity index (χ3n) is 4.09. The highest BCUT2D eigenvalue weighted by Crippen LogP contribution is 2.30. The van der Waals surface area contributed by atoms with Crippen molar-refractivity contribution in [2.24, 2.45) is 0 Å². The normalized spacial score (nSPS) is 11.1. The predicted octanol–water partition coefficient (Wildman–Crippen LogP) is 3.82. The highest BCUT2D eigenvalue weighted by atomic mass is 19.4. The molecule has 6 nitrogen and oxygen atoms in total. The number of aromatic nitrogens is 2. The molecule has 1 aromatic heterocycles. The molecule has 30 heavy (non-hydrogen) atoms. The van der Waals surface area contributed by atoms with Gasteiger partial charge in [0.1, 0.15) is 11.9 Å². The zero-order valence-electron chi connectivity index (χ0n) is 15.3. The Morgan fingerprint density at radius 3 is 2.53 bits per heavy atom. The van der Waals surface area contributed by atoms with E-state index in [2.05, 4.69) is 10.4 Å². The largest absolute Gasteiger partial charge is 0.416 e. The van der Waals surface area contributed by atoms with Crippen molar-refractivity contribution in [2.45, 2.75) is 13.1 Å². The molecule has 2 aromatic carbocycles. The maximum absolute atomic E-state index is 13.7. The molecule has 1 heterocycles. The highest BCUT2D eigenvalue weighted by Gasteiger charge is 2.30. The summed E-state index contributed by atoms with van der Waals surface area (Å²) in [5.41, 5.74) is -2.32. The second-order valence-electron chi connectivity index (χ2n) is 6.22. The first-order valence-corrected chi connectivity index (χ1v) is 8.40. The summed E-state index contributed by atoms with van der Waals surface area (Å²) in [4.78, 5) is 24.7. The molecule has 10 heteroatoms. The van der Waals surface area contributed by atoms with Crippen molar-refractivity contribution in [3.05, 3.63) is 87.1 Å². The molecule has 0 bridgehead atoms. The minimum absolute atomic E-state index is 0.000734. The van der Waals surface area contributed by atoms with Gasteiger partial charge in [0.2, 0.25) is 5.43 Å². The lowest BCUT2D eigenvalue weighted by Crippen LogP contribution is -2.27. The molecule has 0 spiro atoms. The molecule has 0 atom stereocenters. The molecule has 3 aromatic rings. The van der Waals surface area contributed by atoms with E-state index in [0.717, 1.165) is 35.0 Å². The molecule has 0 aliphatic heterocycles. The summed E-state index contributed by atoms with van der Waals surface area (Å²) in [6, 6.07) is 10.2. The number of nitrogens with zero attached hydrogens (tertiary/aromatic N) is 3. The van der Waals surface area contributed by atoms with Gasteiger partial charge < -0.3 is 5.32 Å². The van der Waals surface area contributed by atoms with Crippen LogP contribution in [-0.4, -0.2) is 15.7 Å². The fraction of sp³-hybridized carbons (Fsp3) is 0.100. The van der Waals surface area contributed by atoms with Crippen LogP contribution in [0.25, 0.3) is 5.69 Å². The standard InChI is InChI=1S/C20H12F4N4O2/c1-11-7-17(29)18(19(30)26-14-6-5-12(10-25)16(21)9-14)27-28(11)15-4-2-3-13(8-15)20(22,23)24/h2-9H,1H3,(H,26,30). The third-order valence-corrected chi connectivity index (χ3v) is 4.09. The summed E-state index contributed by atoms with van der Waals surface area (Å²) in [7, 11) is 0. The molecule has 0 aliphatic carbocycles. The van der Waals surface area contributed by atoms with Gasteiger partial charge in [-0.2, -0.15) is 23.5 Å². The highest BCUT2D eigenvalue weighted by molar-refractivity contribution is 6.02. The Labute approximate surface area is 167 Å². The number of carbonyl (C=O) groups excluding carboxylic acids is 1. The number of anilines is 1. The van der Waals surface area contributed by atoms with Gasteiger partial charge in [-0.15, -0.1) is 0 Å². The fourth-order valence-corrected chi connectivity index (χ4v) is 2.65. The molecule has 3 rings (SSSR count). The van der Waals surface area contributed by atoms with E-state index < -0.39 is 34.6 Å². The van der Waals surface area contributed by atoms with Gasteiger partial charge in [0.25, 0.3) is 5.91 Å². The van der Waals surface area contributed by atoms with Crippen LogP contribution in [0.15, 0.2) is 53.3 Å². The first-order chi connectivity index (χ1) is 14.1. The van der Waals surface area contributed by atoms with E-state index >= 15 is 0 Å². The Morgan fingerprint density at radius 2 is 1.90 bits per heavy atom. The monoisotopic (exact) mass is 416 g/mol. The minimum atomic E-state index is -4.58. The van der Waals surface area contributed by atoms with Gasteiger partial charge in [-0.05, 0) is 43.3 Å². The van der Waals surface area contributed by atoms with Gasteiger partial charge >= 0.3 is 6.18 Å². The molecule has 0 aliphatic rings. The summed E-state index contributed by atoms with van der Waals surface area (Å²) in [6.45, 7) is 1.45. The number of hydrogen-bond donors (Lipinski definition) is 1. The van der Waals surface area contributed by atoms with E-state index in [1.54, 1.807) is 6.07 Å². The minimum Gasteiger partial charge on any atom is -0.320 e. The maximum atomic E-state index is 13.7.